The van der Waals surface area contributed by atoms with Gasteiger partial charge in [0.15, 0.2) is 0 Å². The first-order chi connectivity index (χ1) is 7.07. The fourth-order valence-electron chi connectivity index (χ4n) is 2.18. The van der Waals surface area contributed by atoms with E-state index < -0.39 is 0 Å². The minimum atomic E-state index is -0.112. The highest BCUT2D eigenvalue weighted by Gasteiger charge is 2.33. The van der Waals surface area contributed by atoms with Crippen LogP contribution in [0.4, 0.5) is 0 Å². The molecule has 2 atom stereocenters. The summed E-state index contributed by atoms with van der Waals surface area (Å²) in [6.07, 6.45) is 0. The summed E-state index contributed by atoms with van der Waals surface area (Å²) in [6, 6.07) is 0.289. The molecule has 0 saturated carbocycles. The molecular formula is C11H22N2O2. The number of carbonyl (C=O) groups excluding carboxylic acids is 1. The summed E-state index contributed by atoms with van der Waals surface area (Å²) in [6.45, 7) is 9.08. The highest BCUT2D eigenvalue weighted by molar-refractivity contribution is 5.76. The Morgan fingerprint density at radius 1 is 1.53 bits per heavy atom. The molecule has 1 rings (SSSR count). The average Bonchev–Trinajstić information content (AvgIpc) is 2.20. The Morgan fingerprint density at radius 2 is 2.20 bits per heavy atom. The summed E-state index contributed by atoms with van der Waals surface area (Å²) in [5.41, 5.74) is 0. The quantitative estimate of drug-likeness (QED) is 0.694. The zero-order valence-electron chi connectivity index (χ0n) is 10.1. The first-order valence-electron chi connectivity index (χ1n) is 5.62. The minimum absolute atomic E-state index is 0.105. The van der Waals surface area contributed by atoms with Gasteiger partial charge >= 0.3 is 5.97 Å². The van der Waals surface area contributed by atoms with Crippen LogP contribution in [0.2, 0.25) is 0 Å². The second-order valence-electron chi connectivity index (χ2n) is 4.50. The van der Waals surface area contributed by atoms with Crippen LogP contribution in [0.1, 0.15) is 20.8 Å². The van der Waals surface area contributed by atoms with Gasteiger partial charge in [-0.2, -0.15) is 0 Å². The first kappa shape index (κ1) is 12.5. The summed E-state index contributed by atoms with van der Waals surface area (Å²) in [4.78, 5) is 14.0. The highest BCUT2D eigenvalue weighted by atomic mass is 16.5. The lowest BCUT2D eigenvalue weighted by Gasteiger charge is -2.40. The lowest BCUT2D eigenvalue weighted by Crippen LogP contribution is -2.57. The maximum Gasteiger partial charge on any atom is 0.323 e. The fourth-order valence-corrected chi connectivity index (χ4v) is 2.18. The fraction of sp³-hybridized carbons (Fsp3) is 0.909. The smallest absolute Gasteiger partial charge is 0.323 e. The number of esters is 1. The Morgan fingerprint density at radius 3 is 2.67 bits per heavy atom. The minimum Gasteiger partial charge on any atom is -0.468 e. The molecule has 88 valence electrons. The SMILES string of the molecule is COC(=O)C(C(C)C)N1CCNC[C@@H]1C. The van der Waals surface area contributed by atoms with Crippen molar-refractivity contribution in [2.45, 2.75) is 32.9 Å². The van der Waals surface area contributed by atoms with E-state index in [1.807, 2.05) is 0 Å². The number of methoxy groups -OCH3 is 1. The maximum absolute atomic E-state index is 11.7. The van der Waals surface area contributed by atoms with E-state index in [4.69, 9.17) is 4.74 Å². The molecule has 1 fully saturated rings. The molecule has 1 aliphatic rings. The van der Waals surface area contributed by atoms with E-state index in [9.17, 15) is 4.79 Å². The molecule has 1 aliphatic heterocycles. The molecular weight excluding hydrogens is 192 g/mol. The summed E-state index contributed by atoms with van der Waals surface area (Å²) in [5.74, 6) is 0.178. The number of carbonyl (C=O) groups is 1. The molecule has 1 N–H and O–H groups in total. The van der Waals surface area contributed by atoms with Crippen molar-refractivity contribution >= 4 is 5.97 Å². The van der Waals surface area contributed by atoms with E-state index in [1.165, 1.54) is 7.11 Å². The Hall–Kier alpha value is -0.610. The normalized spacial score (nSPS) is 25.3. The van der Waals surface area contributed by atoms with E-state index in [0.29, 0.717) is 6.04 Å². The van der Waals surface area contributed by atoms with Crippen molar-refractivity contribution in [2.24, 2.45) is 5.92 Å². The average molecular weight is 214 g/mol. The Bertz CT molecular complexity index is 219. The number of hydrogen-bond acceptors (Lipinski definition) is 4. The molecule has 1 saturated heterocycles. The summed E-state index contributed by atoms with van der Waals surface area (Å²) in [5, 5.41) is 3.32. The number of piperazine rings is 1. The third kappa shape index (κ3) is 2.92. The second-order valence-corrected chi connectivity index (χ2v) is 4.50. The van der Waals surface area contributed by atoms with Crippen LogP contribution in [0.15, 0.2) is 0 Å². The molecule has 0 bridgehead atoms. The van der Waals surface area contributed by atoms with Crippen LogP contribution in [0, 0.1) is 5.92 Å². The predicted molar refractivity (Wildman–Crippen MR) is 59.7 cm³/mol. The third-order valence-corrected chi connectivity index (χ3v) is 2.98. The van der Waals surface area contributed by atoms with Crippen LogP contribution >= 0.6 is 0 Å². The zero-order valence-corrected chi connectivity index (χ0v) is 10.1. The van der Waals surface area contributed by atoms with Crippen molar-refractivity contribution in [1.82, 2.24) is 10.2 Å². The molecule has 15 heavy (non-hydrogen) atoms. The van der Waals surface area contributed by atoms with Gasteiger partial charge in [0.05, 0.1) is 7.11 Å². The van der Waals surface area contributed by atoms with Crippen LogP contribution in [0.5, 0.6) is 0 Å². The Balaban J connectivity index is 2.73. The molecule has 0 aromatic carbocycles. The molecule has 0 aliphatic carbocycles. The topological polar surface area (TPSA) is 41.6 Å². The van der Waals surface area contributed by atoms with Gasteiger partial charge in [0.2, 0.25) is 0 Å². The van der Waals surface area contributed by atoms with Gasteiger partial charge in [-0.05, 0) is 12.8 Å². The van der Waals surface area contributed by atoms with Crippen molar-refractivity contribution in [1.29, 1.82) is 0 Å². The van der Waals surface area contributed by atoms with Crippen LogP contribution in [-0.4, -0.2) is 49.7 Å². The van der Waals surface area contributed by atoms with Gasteiger partial charge in [-0.15, -0.1) is 0 Å². The lowest BCUT2D eigenvalue weighted by atomic mass is 10.00. The van der Waals surface area contributed by atoms with E-state index in [0.717, 1.165) is 19.6 Å². The number of rotatable bonds is 3. The van der Waals surface area contributed by atoms with E-state index in [2.05, 4.69) is 31.0 Å². The van der Waals surface area contributed by atoms with Gasteiger partial charge < -0.3 is 10.1 Å². The maximum atomic E-state index is 11.7. The second kappa shape index (κ2) is 5.47. The van der Waals surface area contributed by atoms with E-state index in [-0.39, 0.29) is 17.9 Å². The van der Waals surface area contributed by atoms with Crippen LogP contribution in [-0.2, 0) is 9.53 Å². The van der Waals surface area contributed by atoms with Crippen LogP contribution < -0.4 is 5.32 Å². The van der Waals surface area contributed by atoms with Crippen molar-refractivity contribution < 1.29 is 9.53 Å². The number of nitrogens with zero attached hydrogens (tertiary/aromatic N) is 1. The molecule has 0 aromatic rings. The standard InChI is InChI=1S/C11H22N2O2/c1-8(2)10(11(14)15-4)13-6-5-12-7-9(13)3/h8-10,12H,5-7H2,1-4H3/t9-,10?/m0/s1. The lowest BCUT2D eigenvalue weighted by molar-refractivity contribution is -0.150. The third-order valence-electron chi connectivity index (χ3n) is 2.98. The van der Waals surface area contributed by atoms with Crippen molar-refractivity contribution in [3.63, 3.8) is 0 Å². The van der Waals surface area contributed by atoms with Gasteiger partial charge in [-0.3, -0.25) is 9.69 Å². The van der Waals surface area contributed by atoms with Crippen LogP contribution in [0.25, 0.3) is 0 Å². The highest BCUT2D eigenvalue weighted by Crippen LogP contribution is 2.16. The zero-order chi connectivity index (χ0) is 11.4. The number of ether oxygens (including phenoxy) is 1. The van der Waals surface area contributed by atoms with Gasteiger partial charge in [-0.1, -0.05) is 13.8 Å². The predicted octanol–water partition coefficient (Wildman–Crippen LogP) is 0.478. The van der Waals surface area contributed by atoms with E-state index >= 15 is 0 Å². The van der Waals surface area contributed by atoms with E-state index in [1.54, 1.807) is 0 Å². The van der Waals surface area contributed by atoms with Crippen molar-refractivity contribution in [2.75, 3.05) is 26.7 Å². The molecule has 0 amide bonds. The molecule has 4 heteroatoms. The molecule has 0 radical (unpaired) electrons. The van der Waals surface area contributed by atoms with Gasteiger partial charge in [0, 0.05) is 25.7 Å². The monoisotopic (exact) mass is 214 g/mol. The molecule has 1 unspecified atom stereocenters. The summed E-state index contributed by atoms with van der Waals surface area (Å²) in [7, 11) is 1.46. The largest absolute Gasteiger partial charge is 0.468 e. The van der Waals surface area contributed by atoms with Gasteiger partial charge in [0.25, 0.3) is 0 Å². The number of nitrogens with one attached hydrogen (secondary N) is 1. The van der Waals surface area contributed by atoms with Gasteiger partial charge in [0.1, 0.15) is 6.04 Å². The molecule has 0 aromatic heterocycles. The Labute approximate surface area is 92.0 Å². The molecule has 1 heterocycles. The van der Waals surface area contributed by atoms with Gasteiger partial charge in [-0.25, -0.2) is 0 Å². The first-order valence-corrected chi connectivity index (χ1v) is 5.62. The molecule has 0 spiro atoms. The summed E-state index contributed by atoms with van der Waals surface area (Å²) >= 11 is 0. The molecule has 4 nitrogen and oxygen atoms in total. The number of hydrogen-bond donors (Lipinski definition) is 1. The van der Waals surface area contributed by atoms with Crippen molar-refractivity contribution in [3.8, 4) is 0 Å². The van der Waals surface area contributed by atoms with Crippen LogP contribution in [0.3, 0.4) is 0 Å². The van der Waals surface area contributed by atoms with Crippen molar-refractivity contribution in [3.05, 3.63) is 0 Å². The summed E-state index contributed by atoms with van der Waals surface area (Å²) < 4.78 is 4.87. The Kier molecular flexibility index (Phi) is 4.54.